The first-order valence-electron chi connectivity index (χ1n) is 9.59. The molecule has 0 spiro atoms. The van der Waals surface area contributed by atoms with Gasteiger partial charge in [0.1, 0.15) is 5.82 Å². The molecule has 4 nitrogen and oxygen atoms in total. The Kier molecular flexibility index (Phi) is 5.38. The number of amides is 2. The number of hydrogen-bond donors (Lipinski definition) is 1. The van der Waals surface area contributed by atoms with Crippen molar-refractivity contribution >= 4 is 23.2 Å². The van der Waals surface area contributed by atoms with Crippen LogP contribution in [-0.2, 0) is 16.1 Å². The molecule has 1 saturated carbocycles. The highest BCUT2D eigenvalue weighted by Crippen LogP contribution is 2.42. The van der Waals surface area contributed by atoms with Gasteiger partial charge in [-0.2, -0.15) is 0 Å². The molecule has 0 heterocycles. The summed E-state index contributed by atoms with van der Waals surface area (Å²) in [6.45, 7) is 0.432. The molecule has 29 heavy (non-hydrogen) atoms. The van der Waals surface area contributed by atoms with Crippen LogP contribution >= 0.6 is 0 Å². The van der Waals surface area contributed by atoms with E-state index in [0.29, 0.717) is 13.0 Å². The number of nitrogens with one attached hydrogen (secondary N) is 1. The molecule has 2 unspecified atom stereocenters. The van der Waals surface area contributed by atoms with Gasteiger partial charge in [0.15, 0.2) is 0 Å². The number of nitrogens with zero attached hydrogens (tertiary/aromatic N) is 1. The summed E-state index contributed by atoms with van der Waals surface area (Å²) in [7, 11) is 0. The van der Waals surface area contributed by atoms with Crippen molar-refractivity contribution in [2.75, 3.05) is 10.2 Å². The van der Waals surface area contributed by atoms with Gasteiger partial charge >= 0.3 is 0 Å². The van der Waals surface area contributed by atoms with E-state index in [4.69, 9.17) is 0 Å². The van der Waals surface area contributed by atoms with Gasteiger partial charge in [0.25, 0.3) is 0 Å². The fourth-order valence-electron chi connectivity index (χ4n) is 3.42. The maximum atomic E-state index is 13.8. The molecule has 0 radical (unpaired) electrons. The van der Waals surface area contributed by atoms with E-state index >= 15 is 0 Å². The Balaban J connectivity index is 1.48. The Morgan fingerprint density at radius 1 is 0.862 bits per heavy atom. The number of benzene rings is 3. The highest BCUT2D eigenvalue weighted by molar-refractivity contribution is 6.04. The smallest absolute Gasteiger partial charge is 0.231 e. The monoisotopic (exact) mass is 388 g/mol. The lowest BCUT2D eigenvalue weighted by Gasteiger charge is -2.23. The molecule has 4 rings (SSSR count). The molecular formula is C24H21FN2O2. The minimum atomic E-state index is -0.487. The Morgan fingerprint density at radius 3 is 2.17 bits per heavy atom. The summed E-state index contributed by atoms with van der Waals surface area (Å²) in [4.78, 5) is 27.4. The number of halogens is 1. The van der Waals surface area contributed by atoms with Gasteiger partial charge in [0.05, 0.1) is 24.1 Å². The number of carbonyl (C=O) groups excluding carboxylic acids is 2. The van der Waals surface area contributed by atoms with Gasteiger partial charge in [0.2, 0.25) is 11.8 Å². The highest BCUT2D eigenvalue weighted by atomic mass is 19.1. The van der Waals surface area contributed by atoms with E-state index in [1.54, 1.807) is 17.0 Å². The maximum absolute atomic E-state index is 13.8. The molecule has 0 bridgehead atoms. The van der Waals surface area contributed by atoms with Crippen LogP contribution in [0.5, 0.6) is 0 Å². The third kappa shape index (κ3) is 4.35. The summed E-state index contributed by atoms with van der Waals surface area (Å²) in [6.07, 6.45) is 0.469. The van der Waals surface area contributed by atoms with Gasteiger partial charge in [0, 0.05) is 5.69 Å². The van der Waals surface area contributed by atoms with Crippen molar-refractivity contribution in [3.05, 3.63) is 96.3 Å². The normalized spacial score (nSPS) is 17.4. The van der Waals surface area contributed by atoms with Crippen LogP contribution < -0.4 is 10.2 Å². The lowest BCUT2D eigenvalue weighted by molar-refractivity contribution is -0.123. The average Bonchev–Trinajstić information content (AvgIpc) is 3.56. The molecule has 1 N–H and O–H groups in total. The fourth-order valence-corrected chi connectivity index (χ4v) is 3.42. The minimum absolute atomic E-state index is 0.0891. The van der Waals surface area contributed by atoms with E-state index in [-0.39, 0.29) is 17.5 Å². The Hall–Kier alpha value is -3.47. The van der Waals surface area contributed by atoms with E-state index in [1.807, 2.05) is 60.7 Å². The molecule has 0 aromatic heterocycles. The van der Waals surface area contributed by atoms with Crippen LogP contribution in [0.2, 0.25) is 0 Å². The van der Waals surface area contributed by atoms with Gasteiger partial charge in [-0.05, 0) is 36.2 Å². The molecule has 146 valence electrons. The molecule has 2 amide bonds. The topological polar surface area (TPSA) is 49.4 Å². The first-order valence-corrected chi connectivity index (χ1v) is 9.59. The molecule has 1 fully saturated rings. The predicted octanol–water partition coefficient (Wildman–Crippen LogP) is 4.63. The van der Waals surface area contributed by atoms with Crippen LogP contribution in [0.3, 0.4) is 0 Å². The second-order valence-corrected chi connectivity index (χ2v) is 7.16. The number of anilines is 2. The summed E-state index contributed by atoms with van der Waals surface area (Å²) in [6, 6.07) is 25.2. The molecule has 1 aliphatic carbocycles. The lowest BCUT2D eigenvalue weighted by Crippen LogP contribution is -2.33. The van der Waals surface area contributed by atoms with Crippen molar-refractivity contribution < 1.29 is 14.0 Å². The summed E-state index contributed by atoms with van der Waals surface area (Å²) in [5.74, 6) is -1.73. The summed E-state index contributed by atoms with van der Waals surface area (Å²) >= 11 is 0. The maximum Gasteiger partial charge on any atom is 0.231 e. The van der Waals surface area contributed by atoms with Crippen LogP contribution in [0.1, 0.15) is 12.0 Å². The molecule has 0 aliphatic heterocycles. The molecule has 3 aromatic rings. The summed E-state index contributed by atoms with van der Waals surface area (Å²) in [5.41, 5.74) is 1.94. The number of para-hydroxylation sites is 2. The zero-order chi connectivity index (χ0) is 20.2. The van der Waals surface area contributed by atoms with Gasteiger partial charge < -0.3 is 10.2 Å². The van der Waals surface area contributed by atoms with E-state index in [9.17, 15) is 14.0 Å². The third-order valence-electron chi connectivity index (χ3n) is 5.09. The van der Waals surface area contributed by atoms with Crippen LogP contribution in [0.4, 0.5) is 15.8 Å². The van der Waals surface area contributed by atoms with E-state index in [2.05, 4.69) is 5.32 Å². The van der Waals surface area contributed by atoms with E-state index in [0.717, 1.165) is 11.3 Å². The summed E-state index contributed by atoms with van der Waals surface area (Å²) in [5, 5.41) is 2.60. The van der Waals surface area contributed by atoms with Crippen molar-refractivity contribution in [1.82, 2.24) is 0 Å². The van der Waals surface area contributed by atoms with Crippen molar-refractivity contribution in [2.24, 2.45) is 11.8 Å². The van der Waals surface area contributed by atoms with Crippen LogP contribution in [0, 0.1) is 17.7 Å². The van der Waals surface area contributed by atoms with Gasteiger partial charge in [-0.1, -0.05) is 60.7 Å². The first-order chi connectivity index (χ1) is 14.1. The predicted molar refractivity (Wildman–Crippen MR) is 111 cm³/mol. The Bertz CT molecular complexity index is 1010. The van der Waals surface area contributed by atoms with Crippen molar-refractivity contribution in [3.63, 3.8) is 0 Å². The lowest BCUT2D eigenvalue weighted by atomic mass is 10.1. The molecule has 3 aromatic carbocycles. The summed E-state index contributed by atoms with van der Waals surface area (Å²) < 4.78 is 13.8. The molecular weight excluding hydrogens is 367 g/mol. The van der Waals surface area contributed by atoms with Crippen molar-refractivity contribution in [3.8, 4) is 0 Å². The van der Waals surface area contributed by atoms with Crippen LogP contribution in [0.15, 0.2) is 84.9 Å². The first kappa shape index (κ1) is 18.9. The Labute approximate surface area is 169 Å². The molecule has 0 saturated heterocycles. The van der Waals surface area contributed by atoms with Crippen molar-refractivity contribution in [1.29, 1.82) is 0 Å². The third-order valence-corrected chi connectivity index (χ3v) is 5.09. The fraction of sp³-hybridized carbons (Fsp3) is 0.167. The van der Waals surface area contributed by atoms with Gasteiger partial charge in [-0.25, -0.2) is 4.39 Å². The van der Waals surface area contributed by atoms with E-state index < -0.39 is 17.7 Å². The minimum Gasteiger partial charge on any atom is -0.323 e. The molecule has 5 heteroatoms. The van der Waals surface area contributed by atoms with Gasteiger partial charge in [-0.3, -0.25) is 9.59 Å². The van der Waals surface area contributed by atoms with Crippen molar-refractivity contribution in [2.45, 2.75) is 13.0 Å². The second-order valence-electron chi connectivity index (χ2n) is 7.16. The zero-order valence-electron chi connectivity index (χ0n) is 15.8. The quantitative estimate of drug-likeness (QED) is 0.669. The average molecular weight is 388 g/mol. The number of carbonyl (C=O) groups is 2. The standard InChI is InChI=1S/C24H21FN2O2/c25-21-13-7-8-14-22(21)26-23(28)19-15-20(19)24(29)27(18-11-5-2-6-12-18)16-17-9-3-1-4-10-17/h1-14,19-20H,15-16H2,(H,26,28). The Morgan fingerprint density at radius 2 is 1.48 bits per heavy atom. The largest absolute Gasteiger partial charge is 0.323 e. The zero-order valence-corrected chi connectivity index (χ0v) is 15.8. The molecule has 2 atom stereocenters. The SMILES string of the molecule is O=C(Nc1ccccc1F)C1CC1C(=O)N(Cc1ccccc1)c1ccccc1. The second kappa shape index (κ2) is 8.27. The highest BCUT2D eigenvalue weighted by Gasteiger charge is 2.49. The number of rotatable bonds is 6. The molecule has 1 aliphatic rings. The van der Waals surface area contributed by atoms with Gasteiger partial charge in [-0.15, -0.1) is 0 Å². The van der Waals surface area contributed by atoms with Crippen LogP contribution in [-0.4, -0.2) is 11.8 Å². The van der Waals surface area contributed by atoms with Crippen LogP contribution in [0.25, 0.3) is 0 Å². The number of hydrogen-bond acceptors (Lipinski definition) is 2. The van der Waals surface area contributed by atoms with E-state index in [1.165, 1.54) is 12.1 Å².